The fourth-order valence-corrected chi connectivity index (χ4v) is 2.31. The summed E-state index contributed by atoms with van der Waals surface area (Å²) < 4.78 is 10.9. The topological polar surface area (TPSA) is 81.9 Å². The molecule has 2 amide bonds. The predicted octanol–water partition coefficient (Wildman–Crippen LogP) is 1.05. The van der Waals surface area contributed by atoms with E-state index in [1.807, 2.05) is 0 Å². The first-order valence-corrected chi connectivity index (χ1v) is 7.53. The average Bonchev–Trinajstić information content (AvgIpc) is 2.59. The third kappa shape index (κ3) is 4.82. The van der Waals surface area contributed by atoms with Gasteiger partial charge in [-0.15, -0.1) is 0 Å². The van der Waals surface area contributed by atoms with Crippen molar-refractivity contribution in [2.24, 2.45) is 5.73 Å². The highest BCUT2D eigenvalue weighted by Crippen LogP contribution is 2.09. The van der Waals surface area contributed by atoms with E-state index in [4.69, 9.17) is 15.2 Å². The van der Waals surface area contributed by atoms with Crippen LogP contribution in [0.2, 0.25) is 0 Å². The number of carbonyl (C=O) groups excluding carboxylic acids is 2. The minimum Gasteiger partial charge on any atom is -0.379 e. The van der Waals surface area contributed by atoms with E-state index >= 15 is 0 Å². The zero-order valence-corrected chi connectivity index (χ0v) is 12.6. The molecular formula is C16H22N2O4. The van der Waals surface area contributed by atoms with Crippen LogP contribution in [0.4, 0.5) is 0 Å². The molecule has 0 bridgehead atoms. The number of rotatable bonds is 2. The molecule has 6 nitrogen and oxygen atoms in total. The summed E-state index contributed by atoms with van der Waals surface area (Å²) >= 11 is 0. The van der Waals surface area contributed by atoms with Gasteiger partial charge in [0.1, 0.15) is 0 Å². The number of ether oxygens (including phenoxy) is 2. The highest BCUT2D eigenvalue weighted by Gasteiger charge is 2.16. The lowest BCUT2D eigenvalue weighted by Crippen LogP contribution is -2.34. The number of hydrogen-bond donors (Lipinski definition) is 1. The van der Waals surface area contributed by atoms with Crippen molar-refractivity contribution >= 4 is 11.8 Å². The lowest BCUT2D eigenvalue weighted by atomic mass is 10.1. The Morgan fingerprint density at radius 1 is 0.864 bits per heavy atom. The van der Waals surface area contributed by atoms with Crippen molar-refractivity contribution in [1.82, 2.24) is 4.90 Å². The molecule has 1 aliphatic rings. The van der Waals surface area contributed by atoms with E-state index < -0.39 is 5.91 Å². The lowest BCUT2D eigenvalue weighted by Gasteiger charge is -2.22. The van der Waals surface area contributed by atoms with Crippen LogP contribution >= 0.6 is 0 Å². The Balaban J connectivity index is 2.01. The van der Waals surface area contributed by atoms with Crippen LogP contribution in [0, 0.1) is 0 Å². The molecule has 1 aromatic rings. The smallest absolute Gasteiger partial charge is 0.253 e. The van der Waals surface area contributed by atoms with E-state index in [0.29, 0.717) is 50.6 Å². The first-order valence-electron chi connectivity index (χ1n) is 7.53. The number of benzene rings is 1. The van der Waals surface area contributed by atoms with Gasteiger partial charge in [0, 0.05) is 37.4 Å². The van der Waals surface area contributed by atoms with Gasteiger partial charge in [-0.3, -0.25) is 9.59 Å². The molecular weight excluding hydrogens is 284 g/mol. The van der Waals surface area contributed by atoms with Crippen molar-refractivity contribution < 1.29 is 19.1 Å². The molecule has 1 heterocycles. The van der Waals surface area contributed by atoms with Crippen LogP contribution in [0.15, 0.2) is 24.3 Å². The molecule has 0 saturated carbocycles. The minimum absolute atomic E-state index is 0.0460. The Bertz CT molecular complexity index is 489. The SMILES string of the molecule is NC(=O)c1ccc(C(=O)N2CCCOCCOCCC2)cc1. The Morgan fingerprint density at radius 2 is 1.36 bits per heavy atom. The van der Waals surface area contributed by atoms with Gasteiger partial charge < -0.3 is 20.1 Å². The average molecular weight is 306 g/mol. The van der Waals surface area contributed by atoms with Gasteiger partial charge in [0.25, 0.3) is 5.91 Å². The summed E-state index contributed by atoms with van der Waals surface area (Å²) in [6.45, 7) is 3.74. The summed E-state index contributed by atoms with van der Waals surface area (Å²) in [5.74, 6) is -0.543. The second kappa shape index (κ2) is 8.51. The van der Waals surface area contributed by atoms with Crippen LogP contribution in [0.5, 0.6) is 0 Å². The largest absolute Gasteiger partial charge is 0.379 e. The second-order valence-corrected chi connectivity index (χ2v) is 5.17. The third-order valence-corrected chi connectivity index (χ3v) is 3.51. The van der Waals surface area contributed by atoms with E-state index in [-0.39, 0.29) is 5.91 Å². The summed E-state index contributed by atoms with van der Waals surface area (Å²) in [6, 6.07) is 6.43. The number of nitrogens with zero attached hydrogens (tertiary/aromatic N) is 1. The van der Waals surface area contributed by atoms with E-state index in [0.717, 1.165) is 12.8 Å². The van der Waals surface area contributed by atoms with Crippen LogP contribution in [0.1, 0.15) is 33.6 Å². The molecule has 0 atom stereocenters. The summed E-state index contributed by atoms with van der Waals surface area (Å²) in [4.78, 5) is 25.4. The zero-order chi connectivity index (χ0) is 15.8. The van der Waals surface area contributed by atoms with Crippen LogP contribution in [0.25, 0.3) is 0 Å². The monoisotopic (exact) mass is 306 g/mol. The zero-order valence-electron chi connectivity index (χ0n) is 12.6. The lowest BCUT2D eigenvalue weighted by molar-refractivity contribution is 0.0494. The predicted molar refractivity (Wildman–Crippen MR) is 81.7 cm³/mol. The van der Waals surface area contributed by atoms with Crippen molar-refractivity contribution in [1.29, 1.82) is 0 Å². The third-order valence-electron chi connectivity index (χ3n) is 3.51. The first-order chi connectivity index (χ1) is 10.7. The molecule has 120 valence electrons. The quantitative estimate of drug-likeness (QED) is 0.885. The molecule has 0 aliphatic carbocycles. The normalized spacial score (nSPS) is 17.5. The molecule has 2 N–H and O–H groups in total. The number of hydrogen-bond acceptors (Lipinski definition) is 4. The second-order valence-electron chi connectivity index (χ2n) is 5.17. The molecule has 1 fully saturated rings. The van der Waals surface area contributed by atoms with Gasteiger partial charge in [-0.1, -0.05) is 0 Å². The fraction of sp³-hybridized carbons (Fsp3) is 0.500. The Labute approximate surface area is 130 Å². The first kappa shape index (κ1) is 16.5. The summed E-state index contributed by atoms with van der Waals surface area (Å²) in [6.07, 6.45) is 1.59. The van der Waals surface area contributed by atoms with Gasteiger partial charge in [-0.25, -0.2) is 0 Å². The van der Waals surface area contributed by atoms with Crippen LogP contribution in [-0.4, -0.2) is 56.2 Å². The van der Waals surface area contributed by atoms with E-state index in [9.17, 15) is 9.59 Å². The molecule has 0 spiro atoms. The van der Waals surface area contributed by atoms with Crippen LogP contribution in [0.3, 0.4) is 0 Å². The van der Waals surface area contributed by atoms with E-state index in [1.165, 1.54) is 0 Å². The van der Waals surface area contributed by atoms with Crippen molar-refractivity contribution in [3.63, 3.8) is 0 Å². The van der Waals surface area contributed by atoms with Crippen molar-refractivity contribution in [3.8, 4) is 0 Å². The van der Waals surface area contributed by atoms with Crippen LogP contribution < -0.4 is 5.73 Å². The molecule has 1 aromatic carbocycles. The highest BCUT2D eigenvalue weighted by molar-refractivity contribution is 5.97. The number of carbonyl (C=O) groups is 2. The van der Waals surface area contributed by atoms with E-state index in [2.05, 4.69) is 0 Å². The maximum absolute atomic E-state index is 12.6. The number of amides is 2. The molecule has 22 heavy (non-hydrogen) atoms. The van der Waals surface area contributed by atoms with Gasteiger partial charge in [-0.05, 0) is 37.1 Å². The van der Waals surface area contributed by atoms with Crippen molar-refractivity contribution in [3.05, 3.63) is 35.4 Å². The molecule has 0 radical (unpaired) electrons. The number of nitrogens with two attached hydrogens (primary N) is 1. The highest BCUT2D eigenvalue weighted by atomic mass is 16.5. The Hall–Kier alpha value is -1.92. The summed E-state index contributed by atoms with van der Waals surface area (Å²) in [7, 11) is 0. The molecule has 2 rings (SSSR count). The van der Waals surface area contributed by atoms with Crippen molar-refractivity contribution in [2.75, 3.05) is 39.5 Å². The van der Waals surface area contributed by atoms with Gasteiger partial charge in [0.05, 0.1) is 13.2 Å². The Morgan fingerprint density at radius 3 is 1.86 bits per heavy atom. The standard InChI is InChI=1S/C16H22N2O4/c17-15(19)13-3-5-14(6-4-13)16(20)18-7-1-9-21-11-12-22-10-2-8-18/h3-6H,1-2,7-12H2,(H2,17,19). The molecule has 6 heteroatoms. The fourth-order valence-electron chi connectivity index (χ4n) is 2.31. The summed E-state index contributed by atoms with van der Waals surface area (Å²) in [5.41, 5.74) is 6.16. The molecule has 0 unspecified atom stereocenters. The van der Waals surface area contributed by atoms with Crippen LogP contribution in [-0.2, 0) is 9.47 Å². The van der Waals surface area contributed by atoms with Crippen molar-refractivity contribution in [2.45, 2.75) is 12.8 Å². The van der Waals surface area contributed by atoms with Gasteiger partial charge in [0.15, 0.2) is 0 Å². The molecule has 1 saturated heterocycles. The Kier molecular flexibility index (Phi) is 6.36. The minimum atomic E-state index is -0.497. The van der Waals surface area contributed by atoms with Gasteiger partial charge >= 0.3 is 0 Å². The maximum atomic E-state index is 12.6. The number of primary amides is 1. The van der Waals surface area contributed by atoms with Gasteiger partial charge in [0.2, 0.25) is 5.91 Å². The summed E-state index contributed by atoms with van der Waals surface area (Å²) in [5, 5.41) is 0. The van der Waals surface area contributed by atoms with Gasteiger partial charge in [-0.2, -0.15) is 0 Å². The maximum Gasteiger partial charge on any atom is 0.253 e. The molecule has 1 aliphatic heterocycles. The molecule has 0 aromatic heterocycles. The van der Waals surface area contributed by atoms with E-state index in [1.54, 1.807) is 29.2 Å².